The third-order valence-electron chi connectivity index (χ3n) is 6.21. The van der Waals surface area contributed by atoms with Crippen molar-refractivity contribution in [2.75, 3.05) is 14.2 Å². The molecule has 5 heteroatoms. The van der Waals surface area contributed by atoms with Crippen molar-refractivity contribution < 1.29 is 18.9 Å². The molecule has 38 heavy (non-hydrogen) atoms. The molecule has 0 fully saturated rings. The summed E-state index contributed by atoms with van der Waals surface area (Å²) in [4.78, 5) is 13.3. The summed E-state index contributed by atoms with van der Waals surface area (Å²) >= 11 is 0. The number of carbonyl (C=O) groups excluding carboxylic acids is 1. The van der Waals surface area contributed by atoms with Crippen molar-refractivity contribution in [1.82, 2.24) is 0 Å². The molecule has 0 aliphatic rings. The molecule has 0 unspecified atom stereocenters. The van der Waals surface area contributed by atoms with Crippen molar-refractivity contribution in [2.24, 2.45) is 0 Å². The summed E-state index contributed by atoms with van der Waals surface area (Å²) in [6, 6.07) is 30.5. The van der Waals surface area contributed by atoms with Crippen molar-refractivity contribution in [1.29, 1.82) is 0 Å². The van der Waals surface area contributed by atoms with Crippen LogP contribution in [-0.4, -0.2) is 26.9 Å². The molecule has 0 aliphatic heterocycles. The first-order valence-corrected chi connectivity index (χ1v) is 12.2. The summed E-state index contributed by atoms with van der Waals surface area (Å²) in [5.41, 5.74) is 5.19. The first-order chi connectivity index (χ1) is 18.5. The lowest BCUT2D eigenvalue weighted by Gasteiger charge is -2.20. The van der Waals surface area contributed by atoms with Gasteiger partial charge < -0.3 is 14.1 Å². The highest BCUT2D eigenvalue weighted by molar-refractivity contribution is 6.80. The average molecular weight is 500 g/mol. The van der Waals surface area contributed by atoms with Gasteiger partial charge >= 0.3 is 6.92 Å². The molecule has 0 aliphatic carbocycles. The van der Waals surface area contributed by atoms with Crippen LogP contribution in [0, 0.1) is 0 Å². The summed E-state index contributed by atoms with van der Waals surface area (Å²) in [6.45, 7) is 7.24. The van der Waals surface area contributed by atoms with E-state index in [0.29, 0.717) is 22.8 Å². The van der Waals surface area contributed by atoms with E-state index < -0.39 is 6.92 Å². The molecule has 0 amide bonds. The minimum absolute atomic E-state index is 0.179. The molecule has 0 bridgehead atoms. The van der Waals surface area contributed by atoms with Crippen LogP contribution in [0.4, 0.5) is 0 Å². The van der Waals surface area contributed by atoms with E-state index in [2.05, 4.69) is 13.2 Å². The molecule has 0 spiro atoms. The van der Waals surface area contributed by atoms with Crippen LogP contribution >= 0.6 is 0 Å². The van der Waals surface area contributed by atoms with E-state index >= 15 is 0 Å². The lowest BCUT2D eigenvalue weighted by molar-refractivity contribution is 0.104. The smallest absolute Gasteiger partial charge is 0.426 e. The first-order valence-electron chi connectivity index (χ1n) is 12.2. The summed E-state index contributed by atoms with van der Waals surface area (Å²) in [6.07, 6.45) is 5.14. The topological polar surface area (TPSA) is 44.8 Å². The Balaban J connectivity index is 1.78. The van der Waals surface area contributed by atoms with E-state index in [-0.39, 0.29) is 5.78 Å². The van der Waals surface area contributed by atoms with Crippen LogP contribution in [0.25, 0.3) is 17.9 Å². The Labute approximate surface area is 224 Å². The molecule has 4 aromatic carbocycles. The van der Waals surface area contributed by atoms with Crippen molar-refractivity contribution in [3.8, 4) is 11.5 Å². The van der Waals surface area contributed by atoms with Gasteiger partial charge in [0, 0.05) is 17.2 Å². The van der Waals surface area contributed by atoms with Gasteiger partial charge in [-0.05, 0) is 70.6 Å². The maximum atomic E-state index is 13.3. The lowest BCUT2D eigenvalue weighted by atomic mass is 9.55. The van der Waals surface area contributed by atoms with E-state index in [0.717, 1.165) is 27.6 Å². The Bertz CT molecular complexity index is 1370. The number of methoxy groups -OCH3 is 2. The summed E-state index contributed by atoms with van der Waals surface area (Å²) in [5, 5.41) is 0. The zero-order valence-electron chi connectivity index (χ0n) is 21.6. The predicted octanol–water partition coefficient (Wildman–Crippen LogP) is 6.04. The van der Waals surface area contributed by atoms with Gasteiger partial charge in [0.25, 0.3) is 0 Å². The lowest BCUT2D eigenvalue weighted by Crippen LogP contribution is -2.44. The normalized spacial score (nSPS) is 10.8. The Morgan fingerprint density at radius 2 is 1.05 bits per heavy atom. The SMILES string of the molecule is C=Cc1ccc(B(O/C(=C\C(=O)c2ccc(OC)cc2)c2ccc(OC)cc2)c2ccc(C=C)cc2)cc1. The molecule has 4 rings (SSSR count). The van der Waals surface area contributed by atoms with Gasteiger partial charge in [-0.2, -0.15) is 0 Å². The van der Waals surface area contributed by atoms with Crippen LogP contribution in [-0.2, 0) is 4.65 Å². The van der Waals surface area contributed by atoms with Gasteiger partial charge in [0.2, 0.25) is 0 Å². The molecular formula is C33H29BO4. The minimum atomic E-state index is -0.468. The van der Waals surface area contributed by atoms with Crippen LogP contribution in [0.1, 0.15) is 27.0 Å². The molecule has 0 radical (unpaired) electrons. The maximum absolute atomic E-state index is 13.3. The number of allylic oxidation sites excluding steroid dienone is 1. The minimum Gasteiger partial charge on any atom is -0.551 e. The summed E-state index contributed by atoms with van der Waals surface area (Å²) in [5.74, 6) is 1.66. The highest BCUT2D eigenvalue weighted by atomic mass is 16.5. The zero-order valence-corrected chi connectivity index (χ0v) is 21.6. The molecule has 188 valence electrons. The number of ether oxygens (including phenoxy) is 2. The standard InChI is InChI=1S/C33H29BO4/c1-5-24-7-15-28(16-8-24)34(29-17-9-25(6-2)10-18-29)38-33(27-13-21-31(37-4)22-14-27)23-32(35)26-11-19-30(36-3)20-12-26/h5-23H,1-2H2,3-4H3/b33-23-. The van der Waals surface area contributed by atoms with Crippen LogP contribution in [0.3, 0.4) is 0 Å². The van der Waals surface area contributed by atoms with E-state index in [1.165, 1.54) is 6.08 Å². The van der Waals surface area contributed by atoms with Gasteiger partial charge in [-0.1, -0.05) is 73.8 Å². The maximum Gasteiger partial charge on any atom is 0.426 e. The van der Waals surface area contributed by atoms with E-state index in [1.54, 1.807) is 50.6 Å². The van der Waals surface area contributed by atoms with Crippen LogP contribution < -0.4 is 20.4 Å². The molecule has 0 aromatic heterocycles. The van der Waals surface area contributed by atoms with Gasteiger partial charge in [-0.25, -0.2) is 0 Å². The first kappa shape index (κ1) is 26.3. The molecule has 0 heterocycles. The third-order valence-corrected chi connectivity index (χ3v) is 6.21. The summed E-state index contributed by atoms with van der Waals surface area (Å²) < 4.78 is 17.2. The number of hydrogen-bond acceptors (Lipinski definition) is 4. The second-order valence-electron chi connectivity index (χ2n) is 8.57. The van der Waals surface area contributed by atoms with Gasteiger partial charge in [0.05, 0.1) is 14.2 Å². The predicted molar refractivity (Wildman–Crippen MR) is 157 cm³/mol. The van der Waals surface area contributed by atoms with E-state index in [4.69, 9.17) is 14.1 Å². The third kappa shape index (κ3) is 6.32. The van der Waals surface area contributed by atoms with Gasteiger partial charge in [-0.3, -0.25) is 4.79 Å². The molecule has 4 nitrogen and oxygen atoms in total. The largest absolute Gasteiger partial charge is 0.551 e. The van der Waals surface area contributed by atoms with Crippen molar-refractivity contribution in [3.05, 3.63) is 139 Å². The highest BCUT2D eigenvalue weighted by Gasteiger charge is 2.25. The molecule has 4 aromatic rings. The monoisotopic (exact) mass is 500 g/mol. The van der Waals surface area contributed by atoms with E-state index in [1.807, 2.05) is 72.8 Å². The molecule has 0 atom stereocenters. The van der Waals surface area contributed by atoms with Crippen LogP contribution in [0.2, 0.25) is 0 Å². The Morgan fingerprint density at radius 3 is 1.45 bits per heavy atom. The fourth-order valence-corrected chi connectivity index (χ4v) is 3.97. The van der Waals surface area contributed by atoms with Crippen molar-refractivity contribution >= 4 is 41.5 Å². The number of hydrogen-bond donors (Lipinski definition) is 0. The van der Waals surface area contributed by atoms with Gasteiger partial charge in [-0.15, -0.1) is 0 Å². The quantitative estimate of drug-likeness (QED) is 0.109. The zero-order chi connectivity index (χ0) is 26.9. The van der Waals surface area contributed by atoms with Crippen LogP contribution in [0.15, 0.2) is 116 Å². The molecule has 0 saturated carbocycles. The number of ketones is 1. The average Bonchev–Trinajstić information content (AvgIpc) is 2.99. The fraction of sp³-hybridized carbons (Fsp3) is 0.0606. The number of rotatable bonds is 11. The second kappa shape index (κ2) is 12.5. The van der Waals surface area contributed by atoms with Crippen LogP contribution in [0.5, 0.6) is 11.5 Å². The molecular weight excluding hydrogens is 471 g/mol. The van der Waals surface area contributed by atoms with Gasteiger partial charge in [0.1, 0.15) is 17.3 Å². The Kier molecular flexibility index (Phi) is 8.63. The van der Waals surface area contributed by atoms with Crippen molar-refractivity contribution in [3.63, 3.8) is 0 Å². The molecule has 0 N–H and O–H groups in total. The van der Waals surface area contributed by atoms with E-state index in [9.17, 15) is 4.79 Å². The highest BCUT2D eigenvalue weighted by Crippen LogP contribution is 2.22. The number of benzene rings is 4. The number of carbonyl (C=O) groups is 1. The Morgan fingerprint density at radius 1 is 0.632 bits per heavy atom. The van der Waals surface area contributed by atoms with Gasteiger partial charge in [0.15, 0.2) is 5.78 Å². The Hall–Kier alpha value is -4.77. The van der Waals surface area contributed by atoms with Crippen molar-refractivity contribution in [2.45, 2.75) is 0 Å². The summed E-state index contributed by atoms with van der Waals surface area (Å²) in [7, 11) is 3.21. The molecule has 0 saturated heterocycles. The fourth-order valence-electron chi connectivity index (χ4n) is 3.97. The second-order valence-corrected chi connectivity index (χ2v) is 8.57.